The molecule has 0 fully saturated rings. The van der Waals surface area contributed by atoms with Crippen LogP contribution in [-0.2, 0) is 6.54 Å². The molecule has 5 heteroatoms. The molecule has 0 unspecified atom stereocenters. The molecule has 1 heterocycles. The van der Waals surface area contributed by atoms with Gasteiger partial charge in [0, 0.05) is 43.2 Å². The molecule has 0 radical (unpaired) electrons. The van der Waals surface area contributed by atoms with Crippen molar-refractivity contribution in [3.63, 3.8) is 0 Å². The van der Waals surface area contributed by atoms with E-state index in [-0.39, 0.29) is 0 Å². The van der Waals surface area contributed by atoms with Gasteiger partial charge in [0.15, 0.2) is 5.13 Å². The number of anilines is 1. The molecule has 0 aliphatic rings. The van der Waals surface area contributed by atoms with Crippen molar-refractivity contribution >= 4 is 16.5 Å². The summed E-state index contributed by atoms with van der Waals surface area (Å²) in [6.45, 7) is 8.97. The molecule has 0 saturated carbocycles. The van der Waals surface area contributed by atoms with Crippen molar-refractivity contribution in [1.82, 2.24) is 9.88 Å². The fraction of sp³-hybridized carbons (Fsp3) is 0.667. The minimum Gasteiger partial charge on any atom is -0.362 e. The van der Waals surface area contributed by atoms with Gasteiger partial charge in [0.2, 0.25) is 0 Å². The number of nitrogens with one attached hydrogen (secondary N) is 1. The quantitative estimate of drug-likeness (QED) is 0.810. The lowest BCUT2D eigenvalue weighted by Gasteiger charge is -2.24. The normalized spacial score (nSPS) is 10.8. The molecule has 0 aliphatic heterocycles. The highest BCUT2D eigenvalue weighted by Gasteiger charge is 2.11. The van der Waals surface area contributed by atoms with Crippen LogP contribution in [0.2, 0.25) is 0 Å². The average Bonchev–Trinajstić information content (AvgIpc) is 2.72. The first-order valence-corrected chi connectivity index (χ1v) is 6.78. The second kappa shape index (κ2) is 7.25. The molecule has 0 amide bonds. The lowest BCUT2D eigenvalue weighted by atomic mass is 10.3. The topological polar surface area (TPSA) is 52.0 Å². The summed E-state index contributed by atoms with van der Waals surface area (Å²) < 4.78 is 0. The molecule has 0 spiro atoms. The number of nitriles is 1. The van der Waals surface area contributed by atoms with E-state index in [2.05, 4.69) is 42.0 Å². The number of hydrogen-bond acceptors (Lipinski definition) is 5. The second-order valence-electron chi connectivity index (χ2n) is 4.13. The summed E-state index contributed by atoms with van der Waals surface area (Å²) in [6.07, 6.45) is 2.50. The zero-order chi connectivity index (χ0) is 12.7. The minimum atomic E-state index is 0.452. The molecule has 1 aromatic heterocycles. The van der Waals surface area contributed by atoms with Crippen molar-refractivity contribution < 1.29 is 0 Å². The molecule has 4 nitrogen and oxygen atoms in total. The molecule has 0 aromatic carbocycles. The fourth-order valence-electron chi connectivity index (χ4n) is 1.53. The third-order valence-electron chi connectivity index (χ3n) is 2.48. The molecule has 1 aromatic rings. The van der Waals surface area contributed by atoms with E-state index >= 15 is 0 Å². The lowest BCUT2D eigenvalue weighted by molar-refractivity contribution is 0.219. The second-order valence-corrected chi connectivity index (χ2v) is 5.25. The first kappa shape index (κ1) is 13.9. The van der Waals surface area contributed by atoms with E-state index in [0.717, 1.165) is 24.8 Å². The van der Waals surface area contributed by atoms with Crippen molar-refractivity contribution in [1.29, 1.82) is 5.26 Å². The van der Waals surface area contributed by atoms with Gasteiger partial charge in [-0.25, -0.2) is 4.98 Å². The van der Waals surface area contributed by atoms with Crippen molar-refractivity contribution in [2.24, 2.45) is 0 Å². The van der Waals surface area contributed by atoms with E-state index in [0.29, 0.717) is 12.5 Å². The maximum Gasteiger partial charge on any atom is 0.182 e. The number of aromatic nitrogens is 1. The molecule has 1 N–H and O–H groups in total. The molecule has 0 aliphatic carbocycles. The molecule has 1 rings (SSSR count). The summed E-state index contributed by atoms with van der Waals surface area (Å²) in [5.41, 5.74) is 0. The van der Waals surface area contributed by atoms with Crippen LogP contribution < -0.4 is 5.32 Å². The fourth-order valence-corrected chi connectivity index (χ4v) is 2.43. The summed E-state index contributed by atoms with van der Waals surface area (Å²) in [5, 5.41) is 12.8. The van der Waals surface area contributed by atoms with Crippen molar-refractivity contribution in [2.45, 2.75) is 39.8 Å². The lowest BCUT2D eigenvalue weighted by Crippen LogP contribution is -2.30. The Balaban J connectivity index is 2.56. The van der Waals surface area contributed by atoms with Gasteiger partial charge < -0.3 is 5.32 Å². The van der Waals surface area contributed by atoms with E-state index in [1.165, 1.54) is 4.88 Å². The minimum absolute atomic E-state index is 0.452. The number of thiazole rings is 1. The molecule has 0 bridgehead atoms. The summed E-state index contributed by atoms with van der Waals surface area (Å²) in [5.74, 6) is 0. The van der Waals surface area contributed by atoms with Gasteiger partial charge in [0.25, 0.3) is 0 Å². The summed E-state index contributed by atoms with van der Waals surface area (Å²) in [4.78, 5) is 7.86. The number of hydrogen-bond donors (Lipinski definition) is 1. The highest BCUT2D eigenvalue weighted by molar-refractivity contribution is 7.15. The Morgan fingerprint density at radius 3 is 2.94 bits per heavy atom. The largest absolute Gasteiger partial charge is 0.362 e. The Bertz CT molecular complexity index is 367. The van der Waals surface area contributed by atoms with Crippen molar-refractivity contribution in [2.75, 3.05) is 18.4 Å². The Labute approximate surface area is 107 Å². The number of rotatable bonds is 7. The predicted octanol–water partition coefficient (Wildman–Crippen LogP) is 2.70. The van der Waals surface area contributed by atoms with E-state index in [1.54, 1.807) is 11.3 Å². The highest BCUT2D eigenvalue weighted by atomic mass is 32.1. The Morgan fingerprint density at radius 1 is 1.59 bits per heavy atom. The first-order valence-electron chi connectivity index (χ1n) is 5.97. The molecule has 94 valence electrons. The molecule has 0 saturated heterocycles. The Morgan fingerprint density at radius 2 is 2.35 bits per heavy atom. The average molecular weight is 252 g/mol. The van der Waals surface area contributed by atoms with Gasteiger partial charge in [-0.1, -0.05) is 0 Å². The predicted molar refractivity (Wildman–Crippen MR) is 72.1 cm³/mol. The molecule has 0 atom stereocenters. The summed E-state index contributed by atoms with van der Waals surface area (Å²) in [7, 11) is 0. The Hall–Kier alpha value is -1.12. The van der Waals surface area contributed by atoms with Gasteiger partial charge in [0.1, 0.15) is 0 Å². The zero-order valence-corrected chi connectivity index (χ0v) is 11.5. The third kappa shape index (κ3) is 4.72. The number of nitrogens with zero attached hydrogens (tertiary/aromatic N) is 3. The van der Waals surface area contributed by atoms with Gasteiger partial charge >= 0.3 is 0 Å². The zero-order valence-electron chi connectivity index (χ0n) is 10.7. The monoisotopic (exact) mass is 252 g/mol. The van der Waals surface area contributed by atoms with Crippen molar-refractivity contribution in [3.8, 4) is 6.07 Å². The van der Waals surface area contributed by atoms with E-state index in [9.17, 15) is 0 Å². The van der Waals surface area contributed by atoms with Gasteiger partial charge in [0.05, 0.1) is 6.07 Å². The van der Waals surface area contributed by atoms with Crippen LogP contribution in [0.25, 0.3) is 0 Å². The third-order valence-corrected chi connectivity index (χ3v) is 3.42. The standard InChI is InChI=1S/C12H20N4S/c1-4-14-12-15-8-11(17-12)9-16(10(2)3)7-5-6-13/h8,10H,4-5,7,9H2,1-3H3,(H,14,15). The van der Waals surface area contributed by atoms with E-state index < -0.39 is 0 Å². The first-order chi connectivity index (χ1) is 8.17. The van der Waals surface area contributed by atoms with Gasteiger partial charge in [-0.2, -0.15) is 5.26 Å². The van der Waals surface area contributed by atoms with Crippen LogP contribution in [0.3, 0.4) is 0 Å². The van der Waals surface area contributed by atoms with E-state index in [4.69, 9.17) is 5.26 Å². The molecule has 17 heavy (non-hydrogen) atoms. The Kier molecular flexibility index (Phi) is 5.95. The van der Waals surface area contributed by atoms with Crippen molar-refractivity contribution in [3.05, 3.63) is 11.1 Å². The highest BCUT2D eigenvalue weighted by Crippen LogP contribution is 2.20. The maximum absolute atomic E-state index is 8.64. The van der Waals surface area contributed by atoms with Crippen LogP contribution in [0, 0.1) is 11.3 Å². The maximum atomic E-state index is 8.64. The van der Waals surface area contributed by atoms with Gasteiger partial charge in [-0.05, 0) is 20.8 Å². The van der Waals surface area contributed by atoms with Crippen LogP contribution in [0.4, 0.5) is 5.13 Å². The molecular weight excluding hydrogens is 232 g/mol. The van der Waals surface area contributed by atoms with Crippen LogP contribution in [0.5, 0.6) is 0 Å². The van der Waals surface area contributed by atoms with Crippen LogP contribution >= 0.6 is 11.3 Å². The smallest absolute Gasteiger partial charge is 0.182 e. The van der Waals surface area contributed by atoms with E-state index in [1.807, 2.05) is 6.20 Å². The molecular formula is C12H20N4S. The summed E-state index contributed by atoms with van der Waals surface area (Å²) in [6, 6.07) is 2.65. The van der Waals surface area contributed by atoms with Crippen LogP contribution in [0.15, 0.2) is 6.20 Å². The van der Waals surface area contributed by atoms with Gasteiger partial charge in [-0.15, -0.1) is 11.3 Å². The van der Waals surface area contributed by atoms with Gasteiger partial charge in [-0.3, -0.25) is 4.90 Å². The van der Waals surface area contributed by atoms with Crippen LogP contribution in [-0.4, -0.2) is 29.0 Å². The SMILES string of the molecule is CCNc1ncc(CN(CCC#N)C(C)C)s1. The van der Waals surface area contributed by atoms with Crippen LogP contribution in [0.1, 0.15) is 32.1 Å². The summed E-state index contributed by atoms with van der Waals surface area (Å²) >= 11 is 1.69.